The standard InChI is InChI=1S/C22H22N2O3/c1-4-24-12-14(15-7-5-6-8-18(15)24)11-20-21(26)16-9-10-19(25)17(13-23(2)3)22(16)27-20/h5-12,25H,4,13H2,1-3H3/b20-11-. The van der Waals surface area contributed by atoms with E-state index in [2.05, 4.69) is 17.6 Å². The van der Waals surface area contributed by atoms with Crippen LogP contribution >= 0.6 is 0 Å². The summed E-state index contributed by atoms with van der Waals surface area (Å²) in [6.07, 6.45) is 3.81. The van der Waals surface area contributed by atoms with E-state index in [0.717, 1.165) is 27.9 Å². The van der Waals surface area contributed by atoms with E-state index in [0.29, 0.717) is 23.4 Å². The Morgan fingerprint density at radius 3 is 2.70 bits per heavy atom. The lowest BCUT2D eigenvalue weighted by atomic mass is 10.0. The number of hydrogen-bond acceptors (Lipinski definition) is 3. The highest BCUT2D eigenvalue weighted by molar-refractivity contribution is 6.15. The van der Waals surface area contributed by atoms with E-state index in [1.54, 1.807) is 12.1 Å². The van der Waals surface area contributed by atoms with E-state index in [1.165, 1.54) is 6.07 Å². The van der Waals surface area contributed by atoms with Crippen molar-refractivity contribution in [1.29, 1.82) is 0 Å². The second-order valence-corrected chi connectivity index (χ2v) is 7.13. The minimum Gasteiger partial charge on any atom is -0.872 e. The van der Waals surface area contributed by atoms with Gasteiger partial charge >= 0.3 is 0 Å². The van der Waals surface area contributed by atoms with Crippen LogP contribution in [0.3, 0.4) is 0 Å². The zero-order chi connectivity index (χ0) is 19.1. The van der Waals surface area contributed by atoms with Gasteiger partial charge in [0.05, 0.1) is 19.7 Å². The summed E-state index contributed by atoms with van der Waals surface area (Å²) in [5.41, 5.74) is 3.08. The molecule has 1 aromatic heterocycles. The van der Waals surface area contributed by atoms with Gasteiger partial charge in [0.25, 0.3) is 0 Å². The molecule has 0 unspecified atom stereocenters. The number of ketones is 1. The summed E-state index contributed by atoms with van der Waals surface area (Å²) >= 11 is 0. The number of carbonyl (C=O) groups excluding carboxylic acids is 1. The molecule has 0 amide bonds. The SMILES string of the molecule is CCn1cc(/C=C2\Oc3c(ccc([O-])c3C[NH+](C)C)C2=O)c2ccccc21. The first kappa shape index (κ1) is 17.4. The van der Waals surface area contributed by atoms with E-state index >= 15 is 0 Å². The number of quaternary nitrogens is 1. The maximum atomic E-state index is 12.9. The normalized spacial score (nSPS) is 15.0. The second-order valence-electron chi connectivity index (χ2n) is 7.13. The zero-order valence-corrected chi connectivity index (χ0v) is 15.7. The molecular formula is C22H22N2O3. The third kappa shape index (κ3) is 2.90. The van der Waals surface area contributed by atoms with Crippen molar-refractivity contribution >= 4 is 22.8 Å². The van der Waals surface area contributed by atoms with Crippen LogP contribution in [-0.2, 0) is 13.1 Å². The van der Waals surface area contributed by atoms with Crippen LogP contribution in [0.1, 0.15) is 28.4 Å². The van der Waals surface area contributed by atoms with Gasteiger partial charge in [-0.25, -0.2) is 0 Å². The number of rotatable bonds is 4. The molecule has 0 saturated heterocycles. The summed E-state index contributed by atoms with van der Waals surface area (Å²) in [7, 11) is 3.93. The van der Waals surface area contributed by atoms with Crippen molar-refractivity contribution in [1.82, 2.24) is 4.57 Å². The van der Waals surface area contributed by atoms with Crippen molar-refractivity contribution in [3.05, 3.63) is 65.0 Å². The Bertz CT molecular complexity index is 1080. The average Bonchev–Trinajstić information content (AvgIpc) is 3.16. The highest BCUT2D eigenvalue weighted by Gasteiger charge is 2.30. The molecule has 138 valence electrons. The smallest absolute Gasteiger partial charge is 0.231 e. The van der Waals surface area contributed by atoms with Crippen molar-refractivity contribution in [2.75, 3.05) is 14.1 Å². The number of fused-ring (bicyclic) bond motifs is 2. The van der Waals surface area contributed by atoms with Crippen molar-refractivity contribution in [3.63, 3.8) is 0 Å². The lowest BCUT2D eigenvalue weighted by molar-refractivity contribution is -0.872. The van der Waals surface area contributed by atoms with Gasteiger partial charge in [-0.1, -0.05) is 30.0 Å². The summed E-state index contributed by atoms with van der Waals surface area (Å²) in [4.78, 5) is 14.0. The summed E-state index contributed by atoms with van der Waals surface area (Å²) in [5, 5.41) is 13.3. The van der Waals surface area contributed by atoms with Crippen molar-refractivity contribution in [2.24, 2.45) is 0 Å². The van der Waals surface area contributed by atoms with Crippen LogP contribution in [0.25, 0.3) is 17.0 Å². The third-order valence-corrected chi connectivity index (χ3v) is 4.87. The molecular weight excluding hydrogens is 340 g/mol. The number of benzene rings is 2. The summed E-state index contributed by atoms with van der Waals surface area (Å²) in [5.74, 6) is 0.420. The maximum absolute atomic E-state index is 12.9. The Labute approximate surface area is 158 Å². The number of nitrogens with one attached hydrogen (secondary N) is 1. The first-order valence-electron chi connectivity index (χ1n) is 9.13. The Kier molecular flexibility index (Phi) is 4.24. The molecule has 4 rings (SSSR count). The van der Waals surface area contributed by atoms with Gasteiger partial charge in [0.15, 0.2) is 5.76 Å². The van der Waals surface area contributed by atoms with Crippen LogP contribution in [0.5, 0.6) is 11.5 Å². The van der Waals surface area contributed by atoms with Crippen LogP contribution in [0.4, 0.5) is 0 Å². The van der Waals surface area contributed by atoms with Crippen LogP contribution in [-0.4, -0.2) is 24.4 Å². The molecule has 27 heavy (non-hydrogen) atoms. The summed E-state index contributed by atoms with van der Waals surface area (Å²) in [6, 6.07) is 11.1. The number of allylic oxidation sites excluding steroid dienone is 1. The number of aryl methyl sites for hydroxylation is 1. The quantitative estimate of drug-likeness (QED) is 0.722. The van der Waals surface area contributed by atoms with E-state index in [9.17, 15) is 9.90 Å². The Hall–Kier alpha value is -3.05. The van der Waals surface area contributed by atoms with Gasteiger partial charge < -0.3 is 19.3 Å². The van der Waals surface area contributed by atoms with Gasteiger partial charge in [0.2, 0.25) is 5.78 Å². The number of aromatic nitrogens is 1. The van der Waals surface area contributed by atoms with Crippen molar-refractivity contribution in [3.8, 4) is 11.5 Å². The van der Waals surface area contributed by atoms with Gasteiger partial charge in [-0.15, -0.1) is 0 Å². The summed E-state index contributed by atoms with van der Waals surface area (Å²) in [6.45, 7) is 3.44. The van der Waals surface area contributed by atoms with Crippen LogP contribution < -0.4 is 14.7 Å². The molecule has 2 aromatic carbocycles. The highest BCUT2D eigenvalue weighted by Crippen LogP contribution is 2.38. The first-order chi connectivity index (χ1) is 13.0. The van der Waals surface area contributed by atoms with E-state index in [4.69, 9.17) is 4.74 Å². The molecule has 3 aromatic rings. The van der Waals surface area contributed by atoms with Crippen molar-refractivity contribution < 1.29 is 19.5 Å². The number of hydrogen-bond donors (Lipinski definition) is 1. The van der Waals surface area contributed by atoms with Crippen LogP contribution in [0.2, 0.25) is 0 Å². The highest BCUT2D eigenvalue weighted by atomic mass is 16.5. The Balaban J connectivity index is 1.80. The number of ether oxygens (including phenoxy) is 1. The fourth-order valence-electron chi connectivity index (χ4n) is 3.60. The summed E-state index contributed by atoms with van der Waals surface area (Å²) < 4.78 is 8.06. The molecule has 1 aliphatic heterocycles. The van der Waals surface area contributed by atoms with E-state index in [1.807, 2.05) is 38.5 Å². The molecule has 5 heteroatoms. The van der Waals surface area contributed by atoms with Gasteiger partial charge in [0.1, 0.15) is 12.3 Å². The maximum Gasteiger partial charge on any atom is 0.231 e. The fourth-order valence-corrected chi connectivity index (χ4v) is 3.60. The molecule has 0 saturated carbocycles. The predicted molar refractivity (Wildman–Crippen MR) is 103 cm³/mol. The monoisotopic (exact) mass is 362 g/mol. The second kappa shape index (κ2) is 6.59. The Morgan fingerprint density at radius 2 is 1.96 bits per heavy atom. The largest absolute Gasteiger partial charge is 0.872 e. The van der Waals surface area contributed by atoms with Gasteiger partial charge in [-0.05, 0) is 25.1 Å². The topological polar surface area (TPSA) is 58.7 Å². The van der Waals surface area contributed by atoms with Crippen LogP contribution in [0, 0.1) is 0 Å². The fraction of sp³-hybridized carbons (Fsp3) is 0.227. The molecule has 0 fully saturated rings. The Morgan fingerprint density at radius 1 is 1.19 bits per heavy atom. The molecule has 0 spiro atoms. The molecule has 5 nitrogen and oxygen atoms in total. The first-order valence-corrected chi connectivity index (χ1v) is 9.13. The van der Waals surface area contributed by atoms with Gasteiger partial charge in [-0.3, -0.25) is 4.79 Å². The minimum atomic E-state index is -0.173. The number of carbonyl (C=O) groups is 1. The van der Waals surface area contributed by atoms with E-state index in [-0.39, 0.29) is 17.3 Å². The lowest BCUT2D eigenvalue weighted by Crippen LogP contribution is -3.04. The van der Waals surface area contributed by atoms with Gasteiger partial charge in [-0.2, -0.15) is 0 Å². The molecule has 0 aliphatic carbocycles. The minimum absolute atomic E-state index is 0.0911. The number of para-hydroxylation sites is 1. The molecule has 0 radical (unpaired) electrons. The predicted octanol–water partition coefficient (Wildman–Crippen LogP) is 2.00. The van der Waals surface area contributed by atoms with Crippen molar-refractivity contribution in [2.45, 2.75) is 20.0 Å². The molecule has 0 atom stereocenters. The van der Waals surface area contributed by atoms with Crippen LogP contribution in [0.15, 0.2) is 48.4 Å². The zero-order valence-electron chi connectivity index (χ0n) is 15.7. The van der Waals surface area contributed by atoms with E-state index < -0.39 is 0 Å². The van der Waals surface area contributed by atoms with Gasteiger partial charge in [0, 0.05) is 34.8 Å². The lowest BCUT2D eigenvalue weighted by Gasteiger charge is -2.17. The number of nitrogens with zero attached hydrogens (tertiary/aromatic N) is 1. The molecule has 1 aliphatic rings. The molecule has 1 N–H and O–H groups in total. The number of Topliss-reactive ketones (excluding diaryl/α,β-unsaturated/α-hetero) is 1. The third-order valence-electron chi connectivity index (χ3n) is 4.87. The molecule has 0 bridgehead atoms. The molecule has 2 heterocycles. The average molecular weight is 362 g/mol.